The number of carbonyl (C=O) groups excluding carboxylic acids is 2. The highest BCUT2D eigenvalue weighted by atomic mass is 16.2. The summed E-state index contributed by atoms with van der Waals surface area (Å²) in [4.78, 5) is 31.3. The van der Waals surface area contributed by atoms with Gasteiger partial charge in [0.2, 0.25) is 11.8 Å². The second-order valence-electron chi connectivity index (χ2n) is 4.91. The van der Waals surface area contributed by atoms with Crippen molar-refractivity contribution in [2.45, 2.75) is 6.42 Å². The molecule has 1 fully saturated rings. The van der Waals surface area contributed by atoms with E-state index < -0.39 is 0 Å². The van der Waals surface area contributed by atoms with Crippen LogP contribution in [0.25, 0.3) is 0 Å². The molecule has 1 aliphatic heterocycles. The number of carbonyl (C=O) groups is 2. The average molecular weight is 276 g/mol. The van der Waals surface area contributed by atoms with Crippen LogP contribution in [0.15, 0.2) is 24.5 Å². The van der Waals surface area contributed by atoms with Gasteiger partial charge in [-0.15, -0.1) is 0 Å². The van der Waals surface area contributed by atoms with Crippen molar-refractivity contribution in [2.75, 3.05) is 39.8 Å². The molecule has 0 aromatic carbocycles. The van der Waals surface area contributed by atoms with Crippen LogP contribution in [0.2, 0.25) is 0 Å². The van der Waals surface area contributed by atoms with Crippen LogP contribution in [0, 0.1) is 0 Å². The Morgan fingerprint density at radius 2 is 1.95 bits per heavy atom. The summed E-state index contributed by atoms with van der Waals surface area (Å²) >= 11 is 0. The van der Waals surface area contributed by atoms with Crippen LogP contribution in [0.1, 0.15) is 5.56 Å². The molecule has 0 aliphatic carbocycles. The first-order chi connectivity index (χ1) is 9.66. The molecular weight excluding hydrogens is 256 g/mol. The Labute approximate surface area is 118 Å². The van der Waals surface area contributed by atoms with E-state index in [0.29, 0.717) is 19.5 Å². The molecule has 2 heterocycles. The molecule has 6 heteroatoms. The summed E-state index contributed by atoms with van der Waals surface area (Å²) in [6.07, 6.45) is 3.62. The van der Waals surface area contributed by atoms with Crippen LogP contribution in [0.4, 0.5) is 0 Å². The van der Waals surface area contributed by atoms with Crippen molar-refractivity contribution < 1.29 is 9.59 Å². The van der Waals surface area contributed by atoms with Crippen LogP contribution in [0.5, 0.6) is 0 Å². The standard InChI is InChI=1S/C14H20N4O2/c1-17(11-14(20)18-8-6-16-7-9-18)13(19)10-12-2-4-15-5-3-12/h2-5,16H,6-11H2,1H3. The summed E-state index contributed by atoms with van der Waals surface area (Å²) in [6.45, 7) is 3.21. The molecule has 1 aromatic heterocycles. The molecule has 0 spiro atoms. The topological polar surface area (TPSA) is 65.5 Å². The van der Waals surface area contributed by atoms with Gasteiger partial charge in [0.1, 0.15) is 0 Å². The van der Waals surface area contributed by atoms with Crippen molar-refractivity contribution >= 4 is 11.8 Å². The van der Waals surface area contributed by atoms with Gasteiger partial charge in [0.05, 0.1) is 13.0 Å². The number of likely N-dealkylation sites (N-methyl/N-ethyl adjacent to an activating group) is 1. The van der Waals surface area contributed by atoms with Crippen LogP contribution in [0.3, 0.4) is 0 Å². The van der Waals surface area contributed by atoms with Gasteiger partial charge >= 0.3 is 0 Å². The van der Waals surface area contributed by atoms with Crippen molar-refractivity contribution in [3.63, 3.8) is 0 Å². The second-order valence-corrected chi connectivity index (χ2v) is 4.91. The molecule has 1 N–H and O–H groups in total. The summed E-state index contributed by atoms with van der Waals surface area (Å²) in [5.74, 6) is -0.0447. The predicted octanol–water partition coefficient (Wildman–Crippen LogP) is -0.486. The maximum absolute atomic E-state index is 12.1. The van der Waals surface area contributed by atoms with Gasteiger partial charge in [-0.05, 0) is 17.7 Å². The van der Waals surface area contributed by atoms with Gasteiger partial charge in [-0.3, -0.25) is 14.6 Å². The molecule has 108 valence electrons. The molecule has 0 atom stereocenters. The van der Waals surface area contributed by atoms with Crippen LogP contribution in [-0.4, -0.2) is 66.4 Å². The molecule has 2 rings (SSSR count). The molecule has 0 saturated carbocycles. The fourth-order valence-electron chi connectivity index (χ4n) is 2.12. The Balaban J connectivity index is 1.82. The number of piperazine rings is 1. The van der Waals surface area contributed by atoms with Gasteiger partial charge in [0.15, 0.2) is 0 Å². The van der Waals surface area contributed by atoms with Gasteiger partial charge < -0.3 is 15.1 Å². The molecule has 1 saturated heterocycles. The molecule has 1 aliphatic rings. The van der Waals surface area contributed by atoms with Crippen LogP contribution in [-0.2, 0) is 16.0 Å². The summed E-state index contributed by atoms with van der Waals surface area (Å²) < 4.78 is 0. The lowest BCUT2D eigenvalue weighted by atomic mass is 10.2. The normalized spacial score (nSPS) is 14.9. The molecular formula is C14H20N4O2. The lowest BCUT2D eigenvalue weighted by Crippen LogP contribution is -2.49. The van der Waals surface area contributed by atoms with Gasteiger partial charge in [-0.2, -0.15) is 0 Å². The van der Waals surface area contributed by atoms with Crippen molar-refractivity contribution in [3.05, 3.63) is 30.1 Å². The zero-order chi connectivity index (χ0) is 14.4. The maximum Gasteiger partial charge on any atom is 0.242 e. The fraction of sp³-hybridized carbons (Fsp3) is 0.500. The lowest BCUT2D eigenvalue weighted by Gasteiger charge is -2.29. The van der Waals surface area contributed by atoms with Crippen molar-refractivity contribution in [1.29, 1.82) is 0 Å². The van der Waals surface area contributed by atoms with E-state index in [1.807, 2.05) is 12.1 Å². The molecule has 20 heavy (non-hydrogen) atoms. The largest absolute Gasteiger partial charge is 0.339 e. The average Bonchev–Trinajstić information content (AvgIpc) is 2.49. The number of nitrogens with zero attached hydrogens (tertiary/aromatic N) is 3. The van der Waals surface area contributed by atoms with E-state index in [-0.39, 0.29) is 18.4 Å². The maximum atomic E-state index is 12.1. The lowest BCUT2D eigenvalue weighted by molar-refractivity contribution is -0.139. The van der Waals surface area contributed by atoms with Crippen molar-refractivity contribution in [2.24, 2.45) is 0 Å². The van der Waals surface area contributed by atoms with Crippen LogP contribution >= 0.6 is 0 Å². The number of aromatic nitrogens is 1. The van der Waals surface area contributed by atoms with E-state index in [4.69, 9.17) is 0 Å². The third-order valence-corrected chi connectivity index (χ3v) is 3.37. The van der Waals surface area contributed by atoms with Crippen molar-refractivity contribution in [3.8, 4) is 0 Å². The van der Waals surface area contributed by atoms with Crippen molar-refractivity contribution in [1.82, 2.24) is 20.1 Å². The number of hydrogen-bond donors (Lipinski definition) is 1. The van der Waals surface area contributed by atoms with Gasteiger partial charge in [0.25, 0.3) is 0 Å². The minimum Gasteiger partial charge on any atom is -0.339 e. The molecule has 6 nitrogen and oxygen atoms in total. The fourth-order valence-corrected chi connectivity index (χ4v) is 2.12. The number of pyridine rings is 1. The van der Waals surface area contributed by atoms with Gasteiger partial charge in [-0.25, -0.2) is 0 Å². The minimum absolute atomic E-state index is 0.0112. The Bertz CT molecular complexity index is 458. The monoisotopic (exact) mass is 276 g/mol. The Morgan fingerprint density at radius 3 is 2.60 bits per heavy atom. The van der Waals surface area contributed by atoms with E-state index in [1.54, 1.807) is 24.3 Å². The molecule has 0 radical (unpaired) electrons. The molecule has 2 amide bonds. The second kappa shape index (κ2) is 7.00. The van der Waals surface area contributed by atoms with E-state index in [0.717, 1.165) is 18.7 Å². The highest BCUT2D eigenvalue weighted by Crippen LogP contribution is 2.02. The number of hydrogen-bond acceptors (Lipinski definition) is 4. The first-order valence-electron chi connectivity index (χ1n) is 6.78. The molecule has 0 unspecified atom stereocenters. The molecule has 0 bridgehead atoms. The number of nitrogens with one attached hydrogen (secondary N) is 1. The highest BCUT2D eigenvalue weighted by molar-refractivity contribution is 5.85. The summed E-state index contributed by atoms with van der Waals surface area (Å²) in [6, 6.07) is 3.62. The Morgan fingerprint density at radius 1 is 1.30 bits per heavy atom. The quantitative estimate of drug-likeness (QED) is 0.806. The minimum atomic E-state index is -0.0558. The zero-order valence-corrected chi connectivity index (χ0v) is 11.7. The first kappa shape index (κ1) is 14.5. The Kier molecular flexibility index (Phi) is 5.06. The van der Waals surface area contributed by atoms with E-state index in [2.05, 4.69) is 10.3 Å². The first-order valence-corrected chi connectivity index (χ1v) is 6.78. The molecule has 1 aromatic rings. The zero-order valence-electron chi connectivity index (χ0n) is 11.7. The summed E-state index contributed by atoms with van der Waals surface area (Å²) in [5.41, 5.74) is 0.909. The summed E-state index contributed by atoms with van der Waals surface area (Å²) in [5, 5.41) is 3.20. The van der Waals surface area contributed by atoms with E-state index in [9.17, 15) is 9.59 Å². The third kappa shape index (κ3) is 4.03. The van der Waals surface area contributed by atoms with Gasteiger partial charge in [0, 0.05) is 45.6 Å². The van der Waals surface area contributed by atoms with Gasteiger partial charge in [-0.1, -0.05) is 0 Å². The number of amides is 2. The SMILES string of the molecule is CN(CC(=O)N1CCNCC1)C(=O)Cc1ccncc1. The smallest absolute Gasteiger partial charge is 0.242 e. The van der Waals surface area contributed by atoms with Crippen LogP contribution < -0.4 is 5.32 Å². The third-order valence-electron chi connectivity index (χ3n) is 3.37. The highest BCUT2D eigenvalue weighted by Gasteiger charge is 2.19. The number of rotatable bonds is 4. The summed E-state index contributed by atoms with van der Waals surface area (Å²) in [7, 11) is 1.67. The van der Waals surface area contributed by atoms with E-state index in [1.165, 1.54) is 4.90 Å². The predicted molar refractivity (Wildman–Crippen MR) is 75.0 cm³/mol. The van der Waals surface area contributed by atoms with E-state index >= 15 is 0 Å². The Hall–Kier alpha value is -1.95.